The quantitative estimate of drug-likeness (QED) is 0.886. The fourth-order valence-electron chi connectivity index (χ4n) is 1.48. The molecule has 0 aliphatic carbocycles. The Kier molecular flexibility index (Phi) is 4.57. The summed E-state index contributed by atoms with van der Waals surface area (Å²) in [4.78, 5) is 18.8. The van der Waals surface area contributed by atoms with E-state index >= 15 is 0 Å². The number of hydrogen-bond donors (Lipinski definition) is 2. The molecule has 2 aromatic rings. The summed E-state index contributed by atoms with van der Waals surface area (Å²) >= 11 is 3.34. The molecule has 1 aromatic carbocycles. The van der Waals surface area contributed by atoms with Crippen LogP contribution < -0.4 is 10.1 Å². The predicted octanol–water partition coefficient (Wildman–Crippen LogP) is 2.26. The molecule has 0 aliphatic heterocycles. The SMILES string of the molecule is CC(Oc1ccc(Br)cc1)C(=O)NCc1ncc[nH]1. The first-order chi connectivity index (χ1) is 9.15. The Morgan fingerprint density at radius 3 is 2.84 bits per heavy atom. The van der Waals surface area contributed by atoms with Crippen LogP contribution in [0.5, 0.6) is 5.75 Å². The van der Waals surface area contributed by atoms with Crippen molar-refractivity contribution in [2.45, 2.75) is 19.6 Å². The second kappa shape index (κ2) is 6.38. The van der Waals surface area contributed by atoms with Gasteiger partial charge in [0.2, 0.25) is 0 Å². The van der Waals surface area contributed by atoms with Crippen molar-refractivity contribution in [3.8, 4) is 5.75 Å². The summed E-state index contributed by atoms with van der Waals surface area (Å²) in [5.41, 5.74) is 0. The lowest BCUT2D eigenvalue weighted by Gasteiger charge is -2.14. The molecule has 0 radical (unpaired) electrons. The normalized spacial score (nSPS) is 11.9. The van der Waals surface area contributed by atoms with Crippen LogP contribution >= 0.6 is 15.9 Å². The zero-order chi connectivity index (χ0) is 13.7. The monoisotopic (exact) mass is 323 g/mol. The minimum absolute atomic E-state index is 0.181. The first-order valence-electron chi connectivity index (χ1n) is 5.83. The van der Waals surface area contributed by atoms with Crippen LogP contribution in [0.15, 0.2) is 41.1 Å². The molecule has 0 spiro atoms. The number of aromatic amines is 1. The fraction of sp³-hybridized carbons (Fsp3) is 0.231. The number of carbonyl (C=O) groups is 1. The Bertz CT molecular complexity index is 525. The number of nitrogens with zero attached hydrogens (tertiary/aromatic N) is 1. The number of carbonyl (C=O) groups excluding carboxylic acids is 1. The van der Waals surface area contributed by atoms with Crippen molar-refractivity contribution in [1.82, 2.24) is 15.3 Å². The van der Waals surface area contributed by atoms with Crippen molar-refractivity contribution in [2.24, 2.45) is 0 Å². The van der Waals surface area contributed by atoms with Gasteiger partial charge in [0, 0.05) is 16.9 Å². The van der Waals surface area contributed by atoms with Gasteiger partial charge in [-0.2, -0.15) is 0 Å². The average Bonchev–Trinajstić information content (AvgIpc) is 2.91. The maximum absolute atomic E-state index is 11.8. The zero-order valence-corrected chi connectivity index (χ0v) is 12.0. The number of benzene rings is 1. The number of aromatic nitrogens is 2. The van der Waals surface area contributed by atoms with Gasteiger partial charge in [0.25, 0.3) is 5.91 Å². The number of halogens is 1. The predicted molar refractivity (Wildman–Crippen MR) is 74.7 cm³/mol. The van der Waals surface area contributed by atoms with Crippen molar-refractivity contribution in [2.75, 3.05) is 0 Å². The fourth-order valence-corrected chi connectivity index (χ4v) is 1.74. The van der Waals surface area contributed by atoms with Gasteiger partial charge in [-0.05, 0) is 31.2 Å². The molecular formula is C13H14BrN3O2. The minimum atomic E-state index is -0.559. The van der Waals surface area contributed by atoms with E-state index in [-0.39, 0.29) is 5.91 Å². The molecule has 1 amide bonds. The molecule has 0 aliphatic rings. The van der Waals surface area contributed by atoms with Gasteiger partial charge < -0.3 is 15.0 Å². The van der Waals surface area contributed by atoms with Crippen LogP contribution in [-0.4, -0.2) is 22.0 Å². The third-order valence-electron chi connectivity index (χ3n) is 2.48. The molecule has 0 saturated heterocycles. The van der Waals surface area contributed by atoms with E-state index in [1.54, 1.807) is 31.5 Å². The van der Waals surface area contributed by atoms with Crippen molar-refractivity contribution in [3.05, 3.63) is 47.0 Å². The number of hydrogen-bond acceptors (Lipinski definition) is 3. The van der Waals surface area contributed by atoms with Crippen LogP contribution in [0.3, 0.4) is 0 Å². The van der Waals surface area contributed by atoms with Gasteiger partial charge in [-0.25, -0.2) is 4.98 Å². The molecule has 1 unspecified atom stereocenters. The minimum Gasteiger partial charge on any atom is -0.481 e. The summed E-state index contributed by atoms with van der Waals surface area (Å²) in [7, 11) is 0. The molecule has 2 rings (SSSR count). The summed E-state index contributed by atoms with van der Waals surface area (Å²) in [6, 6.07) is 7.34. The van der Waals surface area contributed by atoms with Crippen LogP contribution in [0.2, 0.25) is 0 Å². The molecule has 100 valence electrons. The van der Waals surface area contributed by atoms with Gasteiger partial charge in [0.1, 0.15) is 11.6 Å². The highest BCUT2D eigenvalue weighted by Crippen LogP contribution is 2.17. The standard InChI is InChI=1S/C13H14BrN3O2/c1-9(19-11-4-2-10(14)3-5-11)13(18)17-8-12-15-6-7-16-12/h2-7,9H,8H2,1H3,(H,15,16)(H,17,18). The molecule has 1 atom stereocenters. The van der Waals surface area contributed by atoms with Gasteiger partial charge in [-0.1, -0.05) is 15.9 Å². The molecule has 0 bridgehead atoms. The van der Waals surface area contributed by atoms with Gasteiger partial charge in [0.15, 0.2) is 6.10 Å². The van der Waals surface area contributed by atoms with E-state index in [4.69, 9.17) is 4.74 Å². The summed E-state index contributed by atoms with van der Waals surface area (Å²) in [6.45, 7) is 2.07. The maximum atomic E-state index is 11.8. The van der Waals surface area contributed by atoms with E-state index in [0.29, 0.717) is 18.1 Å². The maximum Gasteiger partial charge on any atom is 0.261 e. The third-order valence-corrected chi connectivity index (χ3v) is 3.01. The lowest BCUT2D eigenvalue weighted by Crippen LogP contribution is -2.36. The highest BCUT2D eigenvalue weighted by atomic mass is 79.9. The Morgan fingerprint density at radius 2 is 2.21 bits per heavy atom. The van der Waals surface area contributed by atoms with Crippen molar-refractivity contribution in [3.63, 3.8) is 0 Å². The highest BCUT2D eigenvalue weighted by Gasteiger charge is 2.14. The lowest BCUT2D eigenvalue weighted by molar-refractivity contribution is -0.127. The molecule has 1 aromatic heterocycles. The van der Waals surface area contributed by atoms with Gasteiger partial charge in [-0.15, -0.1) is 0 Å². The molecule has 0 fully saturated rings. The lowest BCUT2D eigenvalue weighted by atomic mass is 10.3. The zero-order valence-electron chi connectivity index (χ0n) is 10.4. The number of nitrogens with one attached hydrogen (secondary N) is 2. The summed E-state index contributed by atoms with van der Waals surface area (Å²) in [6.07, 6.45) is 2.79. The Balaban J connectivity index is 1.83. The highest BCUT2D eigenvalue weighted by molar-refractivity contribution is 9.10. The van der Waals surface area contributed by atoms with E-state index in [2.05, 4.69) is 31.2 Å². The van der Waals surface area contributed by atoms with E-state index in [0.717, 1.165) is 4.47 Å². The van der Waals surface area contributed by atoms with E-state index < -0.39 is 6.10 Å². The smallest absolute Gasteiger partial charge is 0.261 e. The van der Waals surface area contributed by atoms with Crippen LogP contribution in [0.1, 0.15) is 12.7 Å². The van der Waals surface area contributed by atoms with Crippen LogP contribution in [0, 0.1) is 0 Å². The van der Waals surface area contributed by atoms with E-state index in [9.17, 15) is 4.79 Å². The molecule has 19 heavy (non-hydrogen) atoms. The number of H-pyrrole nitrogens is 1. The van der Waals surface area contributed by atoms with Crippen molar-refractivity contribution < 1.29 is 9.53 Å². The van der Waals surface area contributed by atoms with Crippen molar-refractivity contribution in [1.29, 1.82) is 0 Å². The number of ether oxygens (including phenoxy) is 1. The molecular weight excluding hydrogens is 310 g/mol. The second-order valence-electron chi connectivity index (χ2n) is 3.97. The average molecular weight is 324 g/mol. The first kappa shape index (κ1) is 13.6. The number of amides is 1. The van der Waals surface area contributed by atoms with Gasteiger partial charge in [-0.3, -0.25) is 4.79 Å². The molecule has 1 heterocycles. The molecule has 5 nitrogen and oxygen atoms in total. The Morgan fingerprint density at radius 1 is 1.47 bits per heavy atom. The topological polar surface area (TPSA) is 67.0 Å². The van der Waals surface area contributed by atoms with Crippen LogP contribution in [0.25, 0.3) is 0 Å². The van der Waals surface area contributed by atoms with Crippen LogP contribution in [-0.2, 0) is 11.3 Å². The summed E-state index contributed by atoms with van der Waals surface area (Å²) < 4.78 is 6.50. The van der Waals surface area contributed by atoms with Gasteiger partial charge in [0.05, 0.1) is 6.54 Å². The first-order valence-corrected chi connectivity index (χ1v) is 6.62. The molecule has 6 heteroatoms. The van der Waals surface area contributed by atoms with Crippen molar-refractivity contribution >= 4 is 21.8 Å². The molecule has 0 saturated carbocycles. The summed E-state index contributed by atoms with van der Waals surface area (Å²) in [5, 5.41) is 2.75. The largest absolute Gasteiger partial charge is 0.481 e. The Labute approximate surface area is 119 Å². The number of rotatable bonds is 5. The number of imidazole rings is 1. The Hall–Kier alpha value is -1.82. The second-order valence-corrected chi connectivity index (χ2v) is 4.88. The van der Waals surface area contributed by atoms with E-state index in [1.165, 1.54) is 0 Å². The van der Waals surface area contributed by atoms with Gasteiger partial charge >= 0.3 is 0 Å². The van der Waals surface area contributed by atoms with E-state index in [1.807, 2.05) is 12.1 Å². The third kappa shape index (κ3) is 4.10. The van der Waals surface area contributed by atoms with Crippen LogP contribution in [0.4, 0.5) is 0 Å². The summed E-state index contributed by atoms with van der Waals surface area (Å²) in [5.74, 6) is 1.19. The molecule has 2 N–H and O–H groups in total.